The van der Waals surface area contributed by atoms with Crippen molar-refractivity contribution in [2.24, 2.45) is 7.05 Å². The second-order valence-corrected chi connectivity index (χ2v) is 4.72. The van der Waals surface area contributed by atoms with Crippen LogP contribution in [-0.2, 0) is 19.8 Å². The van der Waals surface area contributed by atoms with Gasteiger partial charge in [-0.3, -0.25) is 4.68 Å². The van der Waals surface area contributed by atoms with Gasteiger partial charge in [0.15, 0.2) is 11.4 Å². The molecule has 0 spiro atoms. The highest BCUT2D eigenvalue weighted by molar-refractivity contribution is 5.85. The Balaban J connectivity index is 2.28. The van der Waals surface area contributed by atoms with Crippen LogP contribution in [0.1, 0.15) is 21.7 Å². The number of aryl methyl sites for hydroxylation is 1. The Morgan fingerprint density at radius 3 is 2.68 bits per heavy atom. The number of carbonyl (C=O) groups is 1. The van der Waals surface area contributed by atoms with E-state index in [2.05, 4.69) is 10.1 Å². The number of aromatic carboxylic acids is 1. The highest BCUT2D eigenvalue weighted by atomic mass is 19.4. The average molecular weight is 314 g/mol. The molecular weight excluding hydrogens is 301 g/mol. The largest absolute Gasteiger partial charge is 0.477 e. The smallest absolute Gasteiger partial charge is 0.435 e. The zero-order valence-corrected chi connectivity index (χ0v) is 11.8. The summed E-state index contributed by atoms with van der Waals surface area (Å²) in [6.45, 7) is -0.0985. The van der Waals surface area contributed by atoms with E-state index in [-0.39, 0.29) is 23.6 Å². The molecule has 0 aliphatic heterocycles. The Labute approximate surface area is 123 Å². The van der Waals surface area contributed by atoms with Crippen LogP contribution in [0.4, 0.5) is 19.0 Å². The Bertz CT molecular complexity index is 697. The van der Waals surface area contributed by atoms with Crippen molar-refractivity contribution < 1.29 is 23.1 Å². The third kappa shape index (κ3) is 3.35. The van der Waals surface area contributed by atoms with Crippen molar-refractivity contribution in [1.82, 2.24) is 14.8 Å². The van der Waals surface area contributed by atoms with Crippen molar-refractivity contribution in [3.63, 3.8) is 0 Å². The van der Waals surface area contributed by atoms with E-state index in [0.29, 0.717) is 0 Å². The molecule has 0 aliphatic carbocycles. The number of alkyl halides is 3. The summed E-state index contributed by atoms with van der Waals surface area (Å²) in [7, 11) is 2.93. The number of anilines is 1. The van der Waals surface area contributed by atoms with Crippen LogP contribution in [0.2, 0.25) is 0 Å². The maximum absolute atomic E-state index is 12.9. The molecular formula is C13H13F3N4O2. The zero-order valence-electron chi connectivity index (χ0n) is 11.8. The van der Waals surface area contributed by atoms with Crippen molar-refractivity contribution >= 4 is 11.8 Å². The number of hydrogen-bond acceptors (Lipinski definition) is 4. The molecule has 2 heterocycles. The maximum atomic E-state index is 12.9. The van der Waals surface area contributed by atoms with E-state index in [1.165, 1.54) is 43.4 Å². The lowest BCUT2D eigenvalue weighted by Gasteiger charge is -2.18. The minimum Gasteiger partial charge on any atom is -0.477 e. The number of carboxylic acids is 1. The lowest BCUT2D eigenvalue weighted by Crippen LogP contribution is -2.21. The number of hydrogen-bond donors (Lipinski definition) is 1. The SMILES string of the molecule is CN(Cc1cn(C)nc1C(F)(F)F)c1cccc(C(=O)O)n1. The Morgan fingerprint density at radius 1 is 1.41 bits per heavy atom. The van der Waals surface area contributed by atoms with Crippen LogP contribution in [0.3, 0.4) is 0 Å². The molecule has 0 radical (unpaired) electrons. The van der Waals surface area contributed by atoms with Gasteiger partial charge in [-0.2, -0.15) is 18.3 Å². The quantitative estimate of drug-likeness (QED) is 0.936. The van der Waals surface area contributed by atoms with Gasteiger partial charge in [0, 0.05) is 32.4 Å². The molecule has 1 N–H and O–H groups in total. The van der Waals surface area contributed by atoms with E-state index in [0.717, 1.165) is 4.68 Å². The van der Waals surface area contributed by atoms with E-state index in [9.17, 15) is 18.0 Å². The molecule has 0 bridgehead atoms. The van der Waals surface area contributed by atoms with Gasteiger partial charge in [0.1, 0.15) is 5.82 Å². The highest BCUT2D eigenvalue weighted by Gasteiger charge is 2.37. The molecule has 0 atom stereocenters. The van der Waals surface area contributed by atoms with Crippen LogP contribution < -0.4 is 4.90 Å². The third-order valence-electron chi connectivity index (χ3n) is 2.93. The molecule has 0 aliphatic rings. The van der Waals surface area contributed by atoms with Gasteiger partial charge in [-0.25, -0.2) is 9.78 Å². The minimum atomic E-state index is -4.55. The lowest BCUT2D eigenvalue weighted by atomic mass is 10.2. The molecule has 9 heteroatoms. The molecule has 118 valence electrons. The maximum Gasteiger partial charge on any atom is 0.435 e. The summed E-state index contributed by atoms with van der Waals surface area (Å²) in [5.74, 6) is -0.940. The van der Waals surface area contributed by atoms with E-state index in [4.69, 9.17) is 5.11 Å². The van der Waals surface area contributed by atoms with Gasteiger partial charge in [0.2, 0.25) is 0 Å². The standard InChI is InChI=1S/C13H13F3N4O2/c1-19(10-5-3-4-9(17-10)12(21)22)6-8-7-20(2)18-11(8)13(14,15)16/h3-5,7H,6H2,1-2H3,(H,21,22). The zero-order chi connectivity index (χ0) is 16.5. The molecule has 6 nitrogen and oxygen atoms in total. The fourth-order valence-electron chi connectivity index (χ4n) is 1.98. The summed E-state index contributed by atoms with van der Waals surface area (Å²) in [5.41, 5.74) is -1.15. The molecule has 22 heavy (non-hydrogen) atoms. The lowest BCUT2D eigenvalue weighted by molar-refractivity contribution is -0.142. The number of rotatable bonds is 4. The van der Waals surface area contributed by atoms with Crippen molar-refractivity contribution in [1.29, 1.82) is 0 Å². The van der Waals surface area contributed by atoms with Gasteiger partial charge in [-0.05, 0) is 12.1 Å². The number of pyridine rings is 1. The Morgan fingerprint density at radius 2 is 2.09 bits per heavy atom. The average Bonchev–Trinajstić information content (AvgIpc) is 2.79. The molecule has 0 amide bonds. The normalized spacial score (nSPS) is 11.5. The van der Waals surface area contributed by atoms with Crippen LogP contribution in [-0.4, -0.2) is 32.9 Å². The topological polar surface area (TPSA) is 71.2 Å². The summed E-state index contributed by atoms with van der Waals surface area (Å²) in [4.78, 5) is 16.2. The Hall–Kier alpha value is -2.58. The Kier molecular flexibility index (Phi) is 4.07. The van der Waals surface area contributed by atoms with Crippen molar-refractivity contribution in [3.05, 3.63) is 41.3 Å². The third-order valence-corrected chi connectivity index (χ3v) is 2.93. The number of halogens is 3. The predicted molar refractivity (Wildman–Crippen MR) is 71.5 cm³/mol. The summed E-state index contributed by atoms with van der Waals surface area (Å²) in [6.07, 6.45) is -3.27. The predicted octanol–water partition coefficient (Wildman–Crippen LogP) is 2.17. The number of nitrogens with zero attached hydrogens (tertiary/aromatic N) is 4. The summed E-state index contributed by atoms with van der Waals surface area (Å²) in [6, 6.07) is 4.32. The first-order valence-corrected chi connectivity index (χ1v) is 6.19. The second-order valence-electron chi connectivity index (χ2n) is 4.72. The van der Waals surface area contributed by atoms with Crippen LogP contribution >= 0.6 is 0 Å². The molecule has 0 saturated carbocycles. The van der Waals surface area contributed by atoms with Crippen LogP contribution in [0, 0.1) is 0 Å². The van der Waals surface area contributed by atoms with E-state index in [1.54, 1.807) is 0 Å². The number of carboxylic acid groups (broad SMARTS) is 1. The summed E-state index contributed by atoms with van der Waals surface area (Å²) in [5, 5.41) is 12.3. The fraction of sp³-hybridized carbons (Fsp3) is 0.308. The summed E-state index contributed by atoms with van der Waals surface area (Å²) >= 11 is 0. The van der Waals surface area contributed by atoms with Gasteiger partial charge in [0.05, 0.1) is 0 Å². The fourth-order valence-corrected chi connectivity index (χ4v) is 1.98. The molecule has 0 fully saturated rings. The van der Waals surface area contributed by atoms with Gasteiger partial charge in [-0.1, -0.05) is 6.07 Å². The first kappa shape index (κ1) is 15.8. The van der Waals surface area contributed by atoms with Crippen molar-refractivity contribution in [2.75, 3.05) is 11.9 Å². The monoisotopic (exact) mass is 314 g/mol. The van der Waals surface area contributed by atoms with Gasteiger partial charge >= 0.3 is 12.1 Å². The van der Waals surface area contributed by atoms with Crippen LogP contribution in [0.5, 0.6) is 0 Å². The molecule has 2 aromatic rings. The van der Waals surface area contributed by atoms with Crippen LogP contribution in [0.15, 0.2) is 24.4 Å². The molecule has 2 rings (SSSR count). The first-order valence-electron chi connectivity index (χ1n) is 6.19. The van der Waals surface area contributed by atoms with Gasteiger partial charge < -0.3 is 10.0 Å². The van der Waals surface area contributed by atoms with E-state index >= 15 is 0 Å². The second kappa shape index (κ2) is 5.66. The van der Waals surface area contributed by atoms with Gasteiger partial charge in [0.25, 0.3) is 0 Å². The van der Waals surface area contributed by atoms with Crippen molar-refractivity contribution in [2.45, 2.75) is 12.7 Å². The minimum absolute atomic E-state index is 0.0139. The van der Waals surface area contributed by atoms with E-state index < -0.39 is 17.8 Å². The van der Waals surface area contributed by atoms with Crippen LogP contribution in [0.25, 0.3) is 0 Å². The first-order chi connectivity index (χ1) is 10.2. The van der Waals surface area contributed by atoms with Crippen molar-refractivity contribution in [3.8, 4) is 0 Å². The molecule has 0 aromatic carbocycles. The molecule has 0 unspecified atom stereocenters. The summed E-state index contributed by atoms with van der Waals surface area (Å²) < 4.78 is 39.8. The molecule has 2 aromatic heterocycles. The number of aromatic nitrogens is 3. The van der Waals surface area contributed by atoms with Gasteiger partial charge in [-0.15, -0.1) is 0 Å². The van der Waals surface area contributed by atoms with E-state index in [1.807, 2.05) is 0 Å². The highest BCUT2D eigenvalue weighted by Crippen LogP contribution is 2.31. The molecule has 0 saturated heterocycles.